The summed E-state index contributed by atoms with van der Waals surface area (Å²) in [6, 6.07) is 2.16. The van der Waals surface area contributed by atoms with Gasteiger partial charge >= 0.3 is 0 Å². The van der Waals surface area contributed by atoms with Gasteiger partial charge in [0.2, 0.25) is 5.91 Å². The Morgan fingerprint density at radius 2 is 1.66 bits per heavy atom. The molecule has 0 radical (unpaired) electrons. The van der Waals surface area contributed by atoms with Gasteiger partial charge in [0.25, 0.3) is 0 Å². The van der Waals surface area contributed by atoms with Crippen molar-refractivity contribution in [2.45, 2.75) is 133 Å². The molecule has 6 heteroatoms. The van der Waals surface area contributed by atoms with Crippen LogP contribution in [0.3, 0.4) is 0 Å². The summed E-state index contributed by atoms with van der Waals surface area (Å²) in [5.41, 5.74) is -4.06. The summed E-state index contributed by atoms with van der Waals surface area (Å²) in [5.74, 6) is -0.761. The lowest BCUT2D eigenvalue weighted by molar-refractivity contribution is -0.242. The Bertz CT molecular complexity index is 1400. The van der Waals surface area contributed by atoms with Crippen molar-refractivity contribution >= 4 is 17.5 Å². The van der Waals surface area contributed by atoms with E-state index in [2.05, 4.69) is 59.9 Å². The Kier molecular flexibility index (Phi) is 7.43. The van der Waals surface area contributed by atoms with Crippen molar-refractivity contribution in [3.63, 3.8) is 0 Å². The van der Waals surface area contributed by atoms with E-state index in [1.807, 2.05) is 26.8 Å². The van der Waals surface area contributed by atoms with Crippen molar-refractivity contribution in [2.24, 2.45) is 49.7 Å². The molecule has 0 spiro atoms. The van der Waals surface area contributed by atoms with Gasteiger partial charge in [0.15, 0.2) is 11.6 Å². The van der Waals surface area contributed by atoms with Gasteiger partial charge in [-0.2, -0.15) is 5.26 Å². The lowest BCUT2D eigenvalue weighted by Crippen LogP contribution is -2.74. The third kappa shape index (κ3) is 4.16. The van der Waals surface area contributed by atoms with E-state index in [-0.39, 0.29) is 45.7 Å². The zero-order chi connectivity index (χ0) is 32.9. The molecular weight excluding hydrogens is 548 g/mol. The maximum absolute atomic E-state index is 14.7. The molecule has 44 heavy (non-hydrogen) atoms. The van der Waals surface area contributed by atoms with Crippen LogP contribution in [-0.2, 0) is 14.4 Å². The van der Waals surface area contributed by atoms with Crippen molar-refractivity contribution in [3.8, 4) is 6.07 Å². The van der Waals surface area contributed by atoms with Crippen molar-refractivity contribution < 1.29 is 19.5 Å². The van der Waals surface area contributed by atoms with E-state index in [9.17, 15) is 24.8 Å². The minimum atomic E-state index is -1.62. The minimum Gasteiger partial charge on any atom is -0.381 e. The first-order chi connectivity index (χ1) is 20.1. The summed E-state index contributed by atoms with van der Waals surface area (Å²) in [6.07, 6.45) is 10.8. The molecule has 5 aliphatic rings. The van der Waals surface area contributed by atoms with E-state index in [4.69, 9.17) is 0 Å². The Hall–Kier alpha value is -2.26. The fourth-order valence-electron chi connectivity index (χ4n) is 11.3. The van der Waals surface area contributed by atoms with E-state index >= 15 is 0 Å². The van der Waals surface area contributed by atoms with E-state index in [1.165, 1.54) is 0 Å². The van der Waals surface area contributed by atoms with Gasteiger partial charge in [-0.3, -0.25) is 14.4 Å². The number of allylic oxidation sites excluding steroid dienone is 3. The molecule has 0 aliphatic heterocycles. The maximum Gasteiger partial charge on any atom is 0.225 e. The molecule has 2 N–H and O–H groups in total. The molecule has 5 aliphatic carbocycles. The second kappa shape index (κ2) is 9.87. The van der Waals surface area contributed by atoms with Crippen LogP contribution < -0.4 is 5.32 Å². The number of carbonyl (C=O) groups is 3. The molecule has 0 aromatic heterocycles. The highest BCUT2D eigenvalue weighted by molar-refractivity contribution is 6.05. The lowest BCUT2D eigenvalue weighted by Gasteiger charge is -2.71. The van der Waals surface area contributed by atoms with Crippen LogP contribution in [0.25, 0.3) is 0 Å². The van der Waals surface area contributed by atoms with Crippen molar-refractivity contribution in [1.29, 1.82) is 5.26 Å². The topological polar surface area (TPSA) is 107 Å². The van der Waals surface area contributed by atoms with Gasteiger partial charge in [-0.1, -0.05) is 81.7 Å². The Labute approximate surface area is 265 Å². The minimum absolute atomic E-state index is 0.00773. The largest absolute Gasteiger partial charge is 0.381 e. The molecule has 0 bridgehead atoms. The molecule has 1 amide bonds. The molecule has 0 aromatic rings. The van der Waals surface area contributed by atoms with Crippen LogP contribution >= 0.6 is 0 Å². The monoisotopic (exact) mass is 604 g/mol. The molecule has 0 saturated heterocycles. The number of nitriles is 1. The number of fused-ring (bicyclic) bond motifs is 7. The first-order valence-electron chi connectivity index (χ1n) is 17.1. The molecule has 5 rings (SSSR count). The molecule has 3 saturated carbocycles. The number of amides is 1. The SMILES string of the molecule is CCCC(C)(C)CNC(=O)C1(C)CCC2(C)CCC3(C)C4(C)CCC5C(C)(C)C(=O)C(C#N)=CC5(C)C4=CC(=O)C3(O)C2C1. The van der Waals surface area contributed by atoms with Crippen molar-refractivity contribution in [2.75, 3.05) is 6.54 Å². The first kappa shape index (κ1) is 33.1. The van der Waals surface area contributed by atoms with E-state index < -0.39 is 32.7 Å². The fourth-order valence-corrected chi connectivity index (χ4v) is 11.3. The van der Waals surface area contributed by atoms with Gasteiger partial charge in [-0.05, 0) is 85.2 Å². The van der Waals surface area contributed by atoms with Crippen LogP contribution in [0.1, 0.15) is 127 Å². The number of Topliss-reactive ketones (excluding diaryl/α,β-unsaturated/α-hetero) is 1. The molecule has 6 nitrogen and oxygen atoms in total. The van der Waals surface area contributed by atoms with E-state index in [1.54, 1.807) is 6.08 Å². The third-order valence-electron chi connectivity index (χ3n) is 14.5. The second-order valence-corrected chi connectivity index (χ2v) is 18.0. The number of hydrogen-bond donors (Lipinski definition) is 2. The Balaban J connectivity index is 1.58. The number of rotatable bonds is 5. The average Bonchev–Trinajstić information content (AvgIpc) is 2.94. The average molecular weight is 605 g/mol. The first-order valence-corrected chi connectivity index (χ1v) is 17.1. The zero-order valence-electron chi connectivity index (χ0n) is 29.0. The van der Waals surface area contributed by atoms with Gasteiger partial charge < -0.3 is 10.4 Å². The van der Waals surface area contributed by atoms with Crippen molar-refractivity contribution in [1.82, 2.24) is 5.32 Å². The lowest BCUT2D eigenvalue weighted by atomic mass is 9.33. The van der Waals surface area contributed by atoms with Crippen LogP contribution in [0.5, 0.6) is 0 Å². The zero-order valence-corrected chi connectivity index (χ0v) is 29.0. The molecular formula is C38H56N2O4. The standard InChI is InChI=1S/C38H56N2O4/c1-11-13-31(2,3)23-40-30(43)34(7)16-15-33(6)17-18-37(10)36(9)14-12-25-32(4,5)29(42)24(22-39)20-35(25,8)26(36)19-28(41)38(37,44)27(33)21-34/h19-20,25,27,44H,11-18,21,23H2,1-10H3,(H,40,43). The predicted octanol–water partition coefficient (Wildman–Crippen LogP) is 7.26. The summed E-state index contributed by atoms with van der Waals surface area (Å²) in [5, 5.41) is 26.3. The second-order valence-electron chi connectivity index (χ2n) is 18.0. The van der Waals surface area contributed by atoms with Gasteiger partial charge in [-0.15, -0.1) is 0 Å². The van der Waals surface area contributed by atoms with E-state index in [0.29, 0.717) is 19.4 Å². The van der Waals surface area contributed by atoms with Gasteiger partial charge in [-0.25, -0.2) is 0 Å². The summed E-state index contributed by atoms with van der Waals surface area (Å²) in [4.78, 5) is 41.9. The highest BCUT2D eigenvalue weighted by Crippen LogP contribution is 2.75. The number of nitrogens with one attached hydrogen (secondary N) is 1. The summed E-state index contributed by atoms with van der Waals surface area (Å²) in [7, 11) is 0. The molecule has 0 heterocycles. The highest BCUT2D eigenvalue weighted by atomic mass is 16.3. The number of nitrogens with zero attached hydrogens (tertiary/aromatic N) is 1. The normalized spacial score (nSPS) is 44.6. The summed E-state index contributed by atoms with van der Waals surface area (Å²) in [6.45, 7) is 21.7. The van der Waals surface area contributed by atoms with Gasteiger partial charge in [0.1, 0.15) is 11.7 Å². The van der Waals surface area contributed by atoms with Crippen LogP contribution in [0.4, 0.5) is 0 Å². The quantitative estimate of drug-likeness (QED) is 0.343. The predicted molar refractivity (Wildman–Crippen MR) is 172 cm³/mol. The molecule has 3 fully saturated rings. The number of ketones is 2. The van der Waals surface area contributed by atoms with Crippen LogP contribution in [0.15, 0.2) is 23.3 Å². The van der Waals surface area contributed by atoms with E-state index in [0.717, 1.165) is 50.5 Å². The number of hydrogen-bond acceptors (Lipinski definition) is 5. The number of carbonyl (C=O) groups excluding carboxylic acids is 3. The summed E-state index contributed by atoms with van der Waals surface area (Å²) >= 11 is 0. The smallest absolute Gasteiger partial charge is 0.225 e. The third-order valence-corrected chi connectivity index (χ3v) is 14.5. The summed E-state index contributed by atoms with van der Waals surface area (Å²) < 4.78 is 0. The Morgan fingerprint density at radius 1 is 1.02 bits per heavy atom. The molecule has 242 valence electrons. The Morgan fingerprint density at radius 3 is 2.27 bits per heavy atom. The number of aliphatic hydroxyl groups is 1. The maximum atomic E-state index is 14.7. The van der Waals surface area contributed by atoms with Crippen LogP contribution in [0.2, 0.25) is 0 Å². The van der Waals surface area contributed by atoms with Crippen molar-refractivity contribution in [3.05, 3.63) is 23.3 Å². The van der Waals surface area contributed by atoms with Crippen LogP contribution in [-0.4, -0.2) is 34.7 Å². The van der Waals surface area contributed by atoms with Gasteiger partial charge in [0, 0.05) is 34.1 Å². The van der Waals surface area contributed by atoms with Gasteiger partial charge in [0.05, 0.1) is 5.57 Å². The van der Waals surface area contributed by atoms with Crippen LogP contribution in [0, 0.1) is 61.1 Å². The molecule has 0 aromatic carbocycles. The molecule has 8 unspecified atom stereocenters. The molecule has 8 atom stereocenters. The fraction of sp³-hybridized carbons (Fsp3) is 0.789. The highest BCUT2D eigenvalue weighted by Gasteiger charge is 2.75.